The van der Waals surface area contributed by atoms with Crippen molar-refractivity contribution in [2.24, 2.45) is 5.92 Å². The van der Waals surface area contributed by atoms with Gasteiger partial charge in [-0.15, -0.1) is 0 Å². The zero-order valence-corrected chi connectivity index (χ0v) is 25.4. The Balaban J connectivity index is 2.07. The maximum atomic E-state index is 14.1. The highest BCUT2D eigenvalue weighted by Gasteiger charge is 2.34. The number of nitrogens with zero attached hydrogens (tertiary/aromatic N) is 2. The van der Waals surface area contributed by atoms with E-state index in [9.17, 15) is 18.0 Å². The van der Waals surface area contributed by atoms with E-state index in [0.717, 1.165) is 9.87 Å². The third-order valence-electron chi connectivity index (χ3n) is 6.45. The summed E-state index contributed by atoms with van der Waals surface area (Å²) in [5, 5.41) is 3.83. The molecule has 0 aliphatic rings. The van der Waals surface area contributed by atoms with Gasteiger partial charge in [-0.05, 0) is 66.8 Å². The number of amides is 2. The van der Waals surface area contributed by atoms with E-state index in [0.29, 0.717) is 28.6 Å². The molecule has 0 aliphatic heterocycles. The second kappa shape index (κ2) is 14.0. The van der Waals surface area contributed by atoms with Crippen LogP contribution >= 0.6 is 23.2 Å². The minimum atomic E-state index is -4.17. The molecule has 0 spiro atoms. The predicted octanol–water partition coefficient (Wildman–Crippen LogP) is 6.08. The van der Waals surface area contributed by atoms with Crippen molar-refractivity contribution < 1.29 is 18.0 Å². The summed E-state index contributed by atoms with van der Waals surface area (Å²) in [6, 6.07) is 19.0. The second-order valence-electron chi connectivity index (χ2n) is 9.92. The van der Waals surface area contributed by atoms with Gasteiger partial charge in [-0.2, -0.15) is 0 Å². The molecule has 3 aromatic carbocycles. The van der Waals surface area contributed by atoms with Crippen molar-refractivity contribution in [2.45, 2.75) is 51.6 Å². The fourth-order valence-electron chi connectivity index (χ4n) is 4.23. The summed E-state index contributed by atoms with van der Waals surface area (Å²) in [5.41, 5.74) is 1.56. The van der Waals surface area contributed by atoms with Crippen molar-refractivity contribution in [3.05, 3.63) is 94.0 Å². The Morgan fingerprint density at radius 2 is 1.57 bits per heavy atom. The molecule has 0 saturated heterocycles. The number of carbonyl (C=O) groups is 2. The fraction of sp³-hybridized carbons (Fsp3) is 0.333. The van der Waals surface area contributed by atoms with Crippen LogP contribution in [0.25, 0.3) is 0 Å². The average molecular weight is 605 g/mol. The van der Waals surface area contributed by atoms with Crippen LogP contribution in [-0.2, 0) is 26.2 Å². The van der Waals surface area contributed by atoms with E-state index in [-0.39, 0.29) is 29.0 Å². The molecule has 0 radical (unpaired) electrons. The highest BCUT2D eigenvalue weighted by atomic mass is 35.5. The van der Waals surface area contributed by atoms with Gasteiger partial charge in [0.2, 0.25) is 11.8 Å². The number of anilines is 1. The van der Waals surface area contributed by atoms with Crippen LogP contribution in [0.5, 0.6) is 0 Å². The molecule has 0 unspecified atom stereocenters. The number of sulfonamides is 1. The summed E-state index contributed by atoms with van der Waals surface area (Å²) in [6.45, 7) is 7.51. The van der Waals surface area contributed by atoms with Gasteiger partial charge in [-0.1, -0.05) is 80.4 Å². The molecular formula is C30H35Cl2N3O4S. The van der Waals surface area contributed by atoms with Crippen LogP contribution in [0.1, 0.15) is 38.3 Å². The molecule has 0 fully saturated rings. The molecule has 0 saturated carbocycles. The first kappa shape index (κ1) is 31.5. The molecule has 1 N–H and O–H groups in total. The van der Waals surface area contributed by atoms with Crippen LogP contribution in [0.2, 0.25) is 10.0 Å². The number of hydrogen-bond acceptors (Lipinski definition) is 4. The van der Waals surface area contributed by atoms with E-state index in [1.54, 1.807) is 67.6 Å². The lowest BCUT2D eigenvalue weighted by molar-refractivity contribution is -0.140. The van der Waals surface area contributed by atoms with E-state index in [1.165, 1.54) is 17.0 Å². The van der Waals surface area contributed by atoms with Crippen molar-refractivity contribution in [1.29, 1.82) is 0 Å². The predicted molar refractivity (Wildman–Crippen MR) is 161 cm³/mol. The van der Waals surface area contributed by atoms with Crippen LogP contribution in [0.4, 0.5) is 5.69 Å². The fourth-order valence-corrected chi connectivity index (χ4v) is 6.02. The molecule has 10 heteroatoms. The number of hydrogen-bond donors (Lipinski definition) is 1. The van der Waals surface area contributed by atoms with Crippen molar-refractivity contribution in [1.82, 2.24) is 10.2 Å². The maximum absolute atomic E-state index is 14.1. The summed E-state index contributed by atoms with van der Waals surface area (Å²) in [6.07, 6.45) is 0.338. The van der Waals surface area contributed by atoms with E-state index in [2.05, 4.69) is 5.32 Å². The molecule has 2 amide bonds. The molecule has 214 valence electrons. The molecular weight excluding hydrogens is 569 g/mol. The van der Waals surface area contributed by atoms with Gasteiger partial charge in [0, 0.05) is 23.1 Å². The van der Waals surface area contributed by atoms with Crippen LogP contribution in [0, 0.1) is 12.8 Å². The van der Waals surface area contributed by atoms with Gasteiger partial charge in [0.25, 0.3) is 10.0 Å². The van der Waals surface area contributed by atoms with Crippen LogP contribution in [0.15, 0.2) is 77.7 Å². The minimum Gasteiger partial charge on any atom is -0.354 e. The third kappa shape index (κ3) is 7.77. The second-order valence-corrected chi connectivity index (χ2v) is 12.6. The van der Waals surface area contributed by atoms with Gasteiger partial charge < -0.3 is 10.2 Å². The van der Waals surface area contributed by atoms with Gasteiger partial charge in [0.15, 0.2) is 0 Å². The molecule has 3 rings (SSSR count). The van der Waals surface area contributed by atoms with Gasteiger partial charge in [0.05, 0.1) is 10.6 Å². The number of benzene rings is 3. The van der Waals surface area contributed by atoms with E-state index in [4.69, 9.17) is 23.2 Å². The maximum Gasteiger partial charge on any atom is 0.264 e. The first-order valence-corrected chi connectivity index (χ1v) is 15.3. The third-order valence-corrected chi connectivity index (χ3v) is 8.89. The van der Waals surface area contributed by atoms with Crippen LogP contribution < -0.4 is 9.62 Å². The molecule has 7 nitrogen and oxygen atoms in total. The summed E-state index contributed by atoms with van der Waals surface area (Å²) < 4.78 is 28.9. The minimum absolute atomic E-state index is 0.0353. The Morgan fingerprint density at radius 1 is 0.925 bits per heavy atom. The van der Waals surface area contributed by atoms with E-state index < -0.39 is 28.5 Å². The number of rotatable bonds is 12. The lowest BCUT2D eigenvalue weighted by Crippen LogP contribution is -2.52. The van der Waals surface area contributed by atoms with Gasteiger partial charge in [-0.25, -0.2) is 8.42 Å². The first-order valence-electron chi connectivity index (χ1n) is 13.1. The molecule has 0 aliphatic carbocycles. The van der Waals surface area contributed by atoms with Crippen LogP contribution in [-0.4, -0.2) is 44.3 Å². The Kier molecular flexibility index (Phi) is 11.0. The summed E-state index contributed by atoms with van der Waals surface area (Å²) in [5.74, 6) is -0.602. The quantitative estimate of drug-likeness (QED) is 0.272. The highest BCUT2D eigenvalue weighted by Crippen LogP contribution is 2.31. The number of nitrogens with one attached hydrogen (secondary N) is 1. The van der Waals surface area contributed by atoms with Crippen LogP contribution in [0.3, 0.4) is 0 Å². The zero-order chi connectivity index (χ0) is 29.4. The van der Waals surface area contributed by atoms with Crippen molar-refractivity contribution in [2.75, 3.05) is 17.4 Å². The first-order chi connectivity index (χ1) is 18.9. The Labute approximate surface area is 247 Å². The van der Waals surface area contributed by atoms with E-state index >= 15 is 0 Å². The molecule has 3 aromatic rings. The number of halogens is 2. The lowest BCUT2D eigenvalue weighted by Gasteiger charge is -2.33. The normalized spacial score (nSPS) is 12.2. The Hall–Kier alpha value is -3.07. The Morgan fingerprint density at radius 3 is 2.17 bits per heavy atom. The lowest BCUT2D eigenvalue weighted by atomic mass is 10.1. The molecule has 0 heterocycles. The van der Waals surface area contributed by atoms with Gasteiger partial charge >= 0.3 is 0 Å². The molecule has 0 aromatic heterocycles. The standard InChI is InChI=1S/C30H35Cl2N3O4S/c1-5-27(30(37)33-18-21(2)3)34(19-23-14-16-24(31)17-15-23)29(36)20-35(28-13-9-12-26(32)22(28)4)40(38,39)25-10-7-6-8-11-25/h6-17,21,27H,5,18-20H2,1-4H3,(H,33,37)/t27-/m0/s1. The molecule has 1 atom stereocenters. The number of carbonyl (C=O) groups excluding carboxylic acids is 2. The van der Waals surface area contributed by atoms with Crippen molar-refractivity contribution >= 4 is 50.7 Å². The van der Waals surface area contributed by atoms with Crippen molar-refractivity contribution in [3.63, 3.8) is 0 Å². The molecule has 0 bridgehead atoms. The summed E-state index contributed by atoms with van der Waals surface area (Å²) in [7, 11) is -4.17. The molecule has 40 heavy (non-hydrogen) atoms. The summed E-state index contributed by atoms with van der Waals surface area (Å²) >= 11 is 12.4. The Bertz CT molecular complexity index is 1410. The van der Waals surface area contributed by atoms with Crippen molar-refractivity contribution in [3.8, 4) is 0 Å². The largest absolute Gasteiger partial charge is 0.354 e. The van der Waals surface area contributed by atoms with Gasteiger partial charge in [0.1, 0.15) is 12.6 Å². The smallest absolute Gasteiger partial charge is 0.264 e. The van der Waals surface area contributed by atoms with Gasteiger partial charge in [-0.3, -0.25) is 13.9 Å². The monoisotopic (exact) mass is 603 g/mol. The zero-order valence-electron chi connectivity index (χ0n) is 23.1. The van der Waals surface area contributed by atoms with E-state index in [1.807, 2.05) is 20.8 Å². The topological polar surface area (TPSA) is 86.8 Å². The highest BCUT2D eigenvalue weighted by molar-refractivity contribution is 7.92. The summed E-state index contributed by atoms with van der Waals surface area (Å²) in [4.78, 5) is 28.8. The average Bonchev–Trinajstić information content (AvgIpc) is 2.93. The SMILES string of the molecule is CC[C@@H](C(=O)NCC(C)C)N(Cc1ccc(Cl)cc1)C(=O)CN(c1cccc(Cl)c1C)S(=O)(=O)c1ccccc1.